The van der Waals surface area contributed by atoms with Crippen LogP contribution in [0.1, 0.15) is 10.4 Å². The number of rotatable bonds is 2. The second-order valence-corrected chi connectivity index (χ2v) is 4.61. The van der Waals surface area contributed by atoms with E-state index in [0.717, 1.165) is 4.88 Å². The van der Waals surface area contributed by atoms with Crippen molar-refractivity contribution in [3.05, 3.63) is 58.0 Å². The van der Waals surface area contributed by atoms with Gasteiger partial charge >= 0.3 is 0 Å². The number of thiophene rings is 1. The van der Waals surface area contributed by atoms with Crippen molar-refractivity contribution in [1.29, 1.82) is 5.26 Å². The first kappa shape index (κ1) is 11.8. The average Bonchev–Trinajstić information content (AvgIpc) is 2.84. The lowest BCUT2D eigenvalue weighted by Gasteiger charge is -2.02. The summed E-state index contributed by atoms with van der Waals surface area (Å²) in [4.78, 5) is 0.807. The fraction of sp³-hybridized carbons (Fsp3) is 0. The van der Waals surface area contributed by atoms with E-state index in [-0.39, 0.29) is 5.82 Å². The Kier molecular flexibility index (Phi) is 3.58. The molecule has 0 aliphatic rings. The molecule has 0 radical (unpaired) electrons. The highest BCUT2D eigenvalue weighted by Crippen LogP contribution is 2.31. The zero-order chi connectivity index (χ0) is 12.3. The second-order valence-electron chi connectivity index (χ2n) is 3.28. The van der Waals surface area contributed by atoms with Crippen molar-refractivity contribution in [2.24, 2.45) is 0 Å². The molecule has 1 aromatic heterocycles. The molecule has 1 heterocycles. The van der Waals surface area contributed by atoms with Crippen molar-refractivity contribution in [3.8, 4) is 6.07 Å². The fourth-order valence-corrected chi connectivity index (χ4v) is 2.43. The van der Waals surface area contributed by atoms with Crippen LogP contribution in [0.4, 0.5) is 4.39 Å². The van der Waals surface area contributed by atoms with Gasteiger partial charge in [-0.3, -0.25) is 0 Å². The summed E-state index contributed by atoms with van der Waals surface area (Å²) in [5.41, 5.74) is 1.05. The van der Waals surface area contributed by atoms with Crippen LogP contribution in [0, 0.1) is 17.1 Å². The maximum Gasteiger partial charge on any atom is 0.123 e. The molecule has 0 atom stereocenters. The van der Waals surface area contributed by atoms with Gasteiger partial charge in [0.15, 0.2) is 0 Å². The topological polar surface area (TPSA) is 23.8 Å². The maximum absolute atomic E-state index is 12.8. The quantitative estimate of drug-likeness (QED) is 0.731. The number of nitrogens with zero attached hydrogens (tertiary/aromatic N) is 1. The summed E-state index contributed by atoms with van der Waals surface area (Å²) in [5, 5.41) is 11.3. The highest BCUT2D eigenvalue weighted by atomic mass is 35.5. The third kappa shape index (κ3) is 2.55. The molecular formula is C13H7ClFNS. The van der Waals surface area contributed by atoms with Crippen LogP contribution in [0.25, 0.3) is 10.6 Å². The molecule has 17 heavy (non-hydrogen) atoms. The first-order chi connectivity index (χ1) is 8.22. The number of benzene rings is 1. The Morgan fingerprint density at radius 3 is 2.47 bits per heavy atom. The molecule has 1 nitrogen and oxygen atoms in total. The molecule has 0 aliphatic carbocycles. The van der Waals surface area contributed by atoms with E-state index in [1.54, 1.807) is 12.1 Å². The first-order valence-electron chi connectivity index (χ1n) is 4.82. The molecule has 0 spiro atoms. The van der Waals surface area contributed by atoms with Crippen LogP contribution in [0.2, 0.25) is 0 Å². The lowest BCUT2D eigenvalue weighted by Crippen LogP contribution is -1.84. The van der Waals surface area contributed by atoms with Crippen LogP contribution in [0.3, 0.4) is 0 Å². The number of nitriles is 1. The standard InChI is InChI=1S/C13H7ClFNS/c14-13(9-3-5-10(15)6-4-9)11(8-16)12-2-1-7-17-12/h1-7H. The molecule has 0 fully saturated rings. The highest BCUT2D eigenvalue weighted by molar-refractivity contribution is 7.11. The Hall–Kier alpha value is -1.63. The monoisotopic (exact) mass is 263 g/mol. The molecule has 0 N–H and O–H groups in total. The van der Waals surface area contributed by atoms with Crippen molar-refractivity contribution in [1.82, 2.24) is 0 Å². The van der Waals surface area contributed by atoms with Crippen LogP contribution < -0.4 is 0 Å². The Balaban J connectivity index is 2.50. The molecular weight excluding hydrogens is 257 g/mol. The minimum absolute atomic E-state index is 0.326. The fourth-order valence-electron chi connectivity index (χ4n) is 1.37. The van der Waals surface area contributed by atoms with Crippen LogP contribution in [0.15, 0.2) is 41.8 Å². The minimum Gasteiger partial charge on any atom is -0.207 e. The van der Waals surface area contributed by atoms with Gasteiger partial charge in [-0.1, -0.05) is 29.8 Å². The summed E-state index contributed by atoms with van der Waals surface area (Å²) in [6, 6.07) is 11.5. The maximum atomic E-state index is 12.8. The molecule has 0 aliphatic heterocycles. The van der Waals surface area contributed by atoms with Crippen molar-refractivity contribution in [2.45, 2.75) is 0 Å². The summed E-state index contributed by atoms with van der Waals surface area (Å²) in [7, 11) is 0. The van der Waals surface area contributed by atoms with Gasteiger partial charge in [-0.15, -0.1) is 11.3 Å². The molecule has 84 valence electrons. The average molecular weight is 264 g/mol. The predicted molar refractivity (Wildman–Crippen MR) is 69.0 cm³/mol. The van der Waals surface area contributed by atoms with Crippen molar-refractivity contribution in [3.63, 3.8) is 0 Å². The Morgan fingerprint density at radius 1 is 1.24 bits per heavy atom. The van der Waals surface area contributed by atoms with Gasteiger partial charge in [0.2, 0.25) is 0 Å². The molecule has 0 saturated heterocycles. The van der Waals surface area contributed by atoms with E-state index in [0.29, 0.717) is 16.2 Å². The third-order valence-electron chi connectivity index (χ3n) is 2.20. The Bertz CT molecular complexity index is 579. The normalized spacial score (nSPS) is 11.8. The van der Waals surface area contributed by atoms with Crippen molar-refractivity contribution in [2.75, 3.05) is 0 Å². The first-order valence-corrected chi connectivity index (χ1v) is 6.08. The summed E-state index contributed by atoms with van der Waals surface area (Å²) in [5.74, 6) is -0.326. The van der Waals surface area contributed by atoms with Gasteiger partial charge in [0.25, 0.3) is 0 Å². The van der Waals surface area contributed by atoms with E-state index in [1.807, 2.05) is 17.5 Å². The van der Waals surface area contributed by atoms with Gasteiger partial charge < -0.3 is 0 Å². The van der Waals surface area contributed by atoms with E-state index in [9.17, 15) is 4.39 Å². The second kappa shape index (κ2) is 5.13. The van der Waals surface area contributed by atoms with Gasteiger partial charge in [-0.05, 0) is 29.1 Å². The van der Waals surface area contributed by atoms with Gasteiger partial charge in [0, 0.05) is 4.88 Å². The molecule has 0 amide bonds. The number of allylic oxidation sites excluding steroid dienone is 1. The van der Waals surface area contributed by atoms with E-state index in [1.165, 1.54) is 23.5 Å². The molecule has 2 rings (SSSR count). The van der Waals surface area contributed by atoms with Gasteiger partial charge in [0.1, 0.15) is 11.9 Å². The number of halogens is 2. The van der Waals surface area contributed by atoms with Crippen LogP contribution in [0.5, 0.6) is 0 Å². The number of hydrogen-bond donors (Lipinski definition) is 0. The van der Waals surface area contributed by atoms with E-state index in [2.05, 4.69) is 6.07 Å². The number of hydrogen-bond acceptors (Lipinski definition) is 2. The smallest absolute Gasteiger partial charge is 0.123 e. The molecule has 0 unspecified atom stereocenters. The summed E-state index contributed by atoms with van der Waals surface area (Å²) in [6.07, 6.45) is 0. The molecule has 1 aromatic carbocycles. The lowest BCUT2D eigenvalue weighted by molar-refractivity contribution is 0.628. The van der Waals surface area contributed by atoms with E-state index >= 15 is 0 Å². The third-order valence-corrected chi connectivity index (χ3v) is 3.49. The Labute approximate surface area is 107 Å². The SMILES string of the molecule is N#CC(=C(Cl)c1ccc(F)cc1)c1cccs1. The molecule has 2 aromatic rings. The molecule has 0 saturated carbocycles. The van der Waals surface area contributed by atoms with Gasteiger partial charge in [-0.2, -0.15) is 5.26 Å². The summed E-state index contributed by atoms with van der Waals surface area (Å²) in [6.45, 7) is 0. The van der Waals surface area contributed by atoms with Crippen molar-refractivity contribution < 1.29 is 4.39 Å². The lowest BCUT2D eigenvalue weighted by atomic mass is 10.1. The van der Waals surface area contributed by atoms with Crippen molar-refractivity contribution >= 4 is 33.5 Å². The minimum atomic E-state index is -0.326. The van der Waals surface area contributed by atoms with Crippen LogP contribution in [-0.2, 0) is 0 Å². The van der Waals surface area contributed by atoms with Gasteiger partial charge in [-0.25, -0.2) is 4.39 Å². The molecule has 4 heteroatoms. The van der Waals surface area contributed by atoms with E-state index < -0.39 is 0 Å². The van der Waals surface area contributed by atoms with Gasteiger partial charge in [0.05, 0.1) is 10.6 Å². The zero-order valence-electron chi connectivity index (χ0n) is 8.65. The summed E-state index contributed by atoms with van der Waals surface area (Å²) < 4.78 is 12.8. The van der Waals surface area contributed by atoms with Crippen LogP contribution >= 0.6 is 22.9 Å². The predicted octanol–water partition coefficient (Wildman–Crippen LogP) is 4.52. The summed E-state index contributed by atoms with van der Waals surface area (Å²) >= 11 is 7.60. The highest BCUT2D eigenvalue weighted by Gasteiger charge is 2.10. The largest absolute Gasteiger partial charge is 0.207 e. The zero-order valence-corrected chi connectivity index (χ0v) is 10.2. The van der Waals surface area contributed by atoms with E-state index in [4.69, 9.17) is 16.9 Å². The molecule has 0 bridgehead atoms. The Morgan fingerprint density at radius 2 is 1.94 bits per heavy atom. The van der Waals surface area contributed by atoms with Crippen LogP contribution in [-0.4, -0.2) is 0 Å².